The van der Waals surface area contributed by atoms with Crippen LogP contribution >= 0.6 is 0 Å². The number of rotatable bonds is 3. The molecule has 0 aliphatic rings. The lowest BCUT2D eigenvalue weighted by atomic mass is 10.4. The fraction of sp³-hybridized carbons (Fsp3) is 0.333. The Morgan fingerprint density at radius 1 is 1.90 bits per heavy atom. The number of hydrogen-bond donors (Lipinski definition) is 1. The summed E-state index contributed by atoms with van der Waals surface area (Å²) in [7, 11) is 0. The summed E-state index contributed by atoms with van der Waals surface area (Å²) in [6.45, 7) is 4.82. The summed E-state index contributed by atoms with van der Waals surface area (Å²) in [5.41, 5.74) is -0.0677. The molecular weight excluding hydrogens is 134 g/mol. The molecule has 0 unspecified atom stereocenters. The Morgan fingerprint density at radius 3 is 2.90 bits per heavy atom. The quantitative estimate of drug-likeness (QED) is 0.206. The molecule has 0 fully saturated rings. The van der Waals surface area contributed by atoms with Gasteiger partial charge in [-0.3, -0.25) is 0 Å². The second kappa shape index (κ2) is 4.55. The van der Waals surface area contributed by atoms with Gasteiger partial charge < -0.3 is 9.94 Å². The predicted molar refractivity (Wildman–Crippen MR) is 36.1 cm³/mol. The first-order chi connectivity index (χ1) is 4.72. The highest BCUT2D eigenvalue weighted by molar-refractivity contribution is 6.35. The Hall–Kier alpha value is -1.32. The van der Waals surface area contributed by atoms with E-state index in [2.05, 4.69) is 16.5 Å². The van der Waals surface area contributed by atoms with E-state index in [1.165, 1.54) is 13.0 Å². The molecule has 0 bridgehead atoms. The second-order valence-electron chi connectivity index (χ2n) is 1.57. The number of esters is 1. The average molecular weight is 143 g/mol. The standard InChI is InChI=1S/C6H9NO3/c1-3-4-10-6(8)5(2)7-9/h3,9H,1,4H2,2H3/b7-5+. The Morgan fingerprint density at radius 2 is 2.50 bits per heavy atom. The number of oxime groups is 1. The van der Waals surface area contributed by atoms with Crippen LogP contribution in [-0.2, 0) is 9.53 Å². The first kappa shape index (κ1) is 8.68. The third-order valence-corrected chi connectivity index (χ3v) is 0.778. The molecule has 0 radical (unpaired) electrons. The van der Waals surface area contributed by atoms with Crippen molar-refractivity contribution in [3.63, 3.8) is 0 Å². The monoisotopic (exact) mass is 143 g/mol. The van der Waals surface area contributed by atoms with Crippen LogP contribution < -0.4 is 0 Å². The van der Waals surface area contributed by atoms with Crippen molar-refractivity contribution in [3.05, 3.63) is 12.7 Å². The third-order valence-electron chi connectivity index (χ3n) is 0.778. The van der Waals surface area contributed by atoms with Gasteiger partial charge in [-0.2, -0.15) is 0 Å². The van der Waals surface area contributed by atoms with Crippen molar-refractivity contribution < 1.29 is 14.7 Å². The number of nitrogens with zero attached hydrogens (tertiary/aromatic N) is 1. The molecule has 4 heteroatoms. The Balaban J connectivity index is 3.74. The van der Waals surface area contributed by atoms with Crippen molar-refractivity contribution in [2.45, 2.75) is 6.92 Å². The molecule has 0 aromatic carbocycles. The maximum atomic E-state index is 10.6. The minimum absolute atomic E-state index is 0.0677. The van der Waals surface area contributed by atoms with E-state index in [1.54, 1.807) is 0 Å². The number of ether oxygens (including phenoxy) is 1. The lowest BCUT2D eigenvalue weighted by molar-refractivity contribution is -0.134. The van der Waals surface area contributed by atoms with Crippen molar-refractivity contribution >= 4 is 11.7 Å². The van der Waals surface area contributed by atoms with Crippen molar-refractivity contribution in [2.75, 3.05) is 6.61 Å². The minimum atomic E-state index is -0.637. The van der Waals surface area contributed by atoms with Gasteiger partial charge in [-0.25, -0.2) is 4.79 Å². The second-order valence-corrected chi connectivity index (χ2v) is 1.57. The highest BCUT2D eigenvalue weighted by atomic mass is 16.5. The van der Waals surface area contributed by atoms with E-state index in [1.807, 2.05) is 0 Å². The zero-order chi connectivity index (χ0) is 7.98. The summed E-state index contributed by atoms with van der Waals surface area (Å²) < 4.78 is 4.50. The van der Waals surface area contributed by atoms with Gasteiger partial charge in [-0.15, -0.1) is 0 Å². The van der Waals surface area contributed by atoms with E-state index in [-0.39, 0.29) is 12.3 Å². The van der Waals surface area contributed by atoms with E-state index in [0.717, 1.165) is 0 Å². The van der Waals surface area contributed by atoms with Gasteiger partial charge in [0.2, 0.25) is 0 Å². The molecule has 0 aromatic heterocycles. The number of carbonyl (C=O) groups is 1. The van der Waals surface area contributed by atoms with Gasteiger partial charge in [-0.1, -0.05) is 17.8 Å². The van der Waals surface area contributed by atoms with E-state index in [0.29, 0.717) is 0 Å². The molecule has 0 saturated heterocycles. The molecule has 0 saturated carbocycles. The van der Waals surface area contributed by atoms with E-state index in [9.17, 15) is 4.79 Å². The molecule has 0 amide bonds. The van der Waals surface area contributed by atoms with E-state index >= 15 is 0 Å². The Kier molecular flexibility index (Phi) is 3.95. The molecule has 0 atom stereocenters. The van der Waals surface area contributed by atoms with Gasteiger partial charge in [-0.05, 0) is 6.92 Å². The molecule has 4 nitrogen and oxygen atoms in total. The molecule has 10 heavy (non-hydrogen) atoms. The Bertz CT molecular complexity index is 162. The third kappa shape index (κ3) is 2.86. The molecule has 0 rings (SSSR count). The zero-order valence-corrected chi connectivity index (χ0v) is 5.70. The van der Waals surface area contributed by atoms with Crippen molar-refractivity contribution in [1.82, 2.24) is 0 Å². The van der Waals surface area contributed by atoms with Crippen LogP contribution in [0.25, 0.3) is 0 Å². The number of carbonyl (C=O) groups excluding carboxylic acids is 1. The van der Waals surface area contributed by atoms with Gasteiger partial charge in [0.25, 0.3) is 0 Å². The fourth-order valence-corrected chi connectivity index (χ4v) is 0.280. The lowest BCUT2D eigenvalue weighted by Gasteiger charge is -1.97. The predicted octanol–water partition coefficient (Wildman–Crippen LogP) is 0.566. The highest BCUT2D eigenvalue weighted by Gasteiger charge is 2.05. The topological polar surface area (TPSA) is 58.9 Å². The van der Waals surface area contributed by atoms with Crippen molar-refractivity contribution in [3.8, 4) is 0 Å². The SMILES string of the molecule is C=CCOC(=O)/C(C)=N/O. The fourth-order valence-electron chi connectivity index (χ4n) is 0.280. The first-order valence-corrected chi connectivity index (χ1v) is 2.69. The maximum absolute atomic E-state index is 10.6. The van der Waals surface area contributed by atoms with Crippen LogP contribution in [0.3, 0.4) is 0 Å². The summed E-state index contributed by atoms with van der Waals surface area (Å²) >= 11 is 0. The smallest absolute Gasteiger partial charge is 0.356 e. The van der Waals surface area contributed by atoms with E-state index < -0.39 is 5.97 Å². The summed E-state index contributed by atoms with van der Waals surface area (Å²) in [6, 6.07) is 0. The maximum Gasteiger partial charge on any atom is 0.356 e. The molecule has 0 aromatic rings. The molecule has 0 aliphatic heterocycles. The van der Waals surface area contributed by atoms with Crippen LogP contribution in [0.15, 0.2) is 17.8 Å². The van der Waals surface area contributed by atoms with Gasteiger partial charge >= 0.3 is 5.97 Å². The molecule has 0 aliphatic carbocycles. The minimum Gasteiger partial charge on any atom is -0.457 e. The first-order valence-electron chi connectivity index (χ1n) is 2.69. The molecule has 1 N–H and O–H groups in total. The summed E-state index contributed by atoms with van der Waals surface area (Å²) in [5, 5.41) is 10.7. The summed E-state index contributed by atoms with van der Waals surface area (Å²) in [6.07, 6.45) is 1.43. The molecule has 0 heterocycles. The average Bonchev–Trinajstić information content (AvgIpc) is 1.98. The van der Waals surface area contributed by atoms with E-state index in [4.69, 9.17) is 5.21 Å². The van der Waals surface area contributed by atoms with Crippen LogP contribution in [-0.4, -0.2) is 23.5 Å². The molecule has 0 spiro atoms. The van der Waals surface area contributed by atoms with Gasteiger partial charge in [0, 0.05) is 0 Å². The summed E-state index contributed by atoms with van der Waals surface area (Å²) in [4.78, 5) is 10.6. The Labute approximate surface area is 58.8 Å². The summed E-state index contributed by atoms with van der Waals surface area (Å²) in [5.74, 6) is -0.637. The number of hydrogen-bond acceptors (Lipinski definition) is 4. The van der Waals surface area contributed by atoms with Crippen LogP contribution in [0, 0.1) is 0 Å². The van der Waals surface area contributed by atoms with Gasteiger partial charge in [0.05, 0.1) is 0 Å². The lowest BCUT2D eigenvalue weighted by Crippen LogP contribution is -2.13. The highest BCUT2D eigenvalue weighted by Crippen LogP contribution is 1.82. The largest absolute Gasteiger partial charge is 0.457 e. The van der Waals surface area contributed by atoms with Crippen molar-refractivity contribution in [1.29, 1.82) is 0 Å². The van der Waals surface area contributed by atoms with Gasteiger partial charge in [0.15, 0.2) is 5.71 Å². The zero-order valence-electron chi connectivity index (χ0n) is 5.70. The van der Waals surface area contributed by atoms with Gasteiger partial charge in [0.1, 0.15) is 6.61 Å². The van der Waals surface area contributed by atoms with Crippen LogP contribution in [0.4, 0.5) is 0 Å². The van der Waals surface area contributed by atoms with Crippen LogP contribution in [0.2, 0.25) is 0 Å². The van der Waals surface area contributed by atoms with Crippen LogP contribution in [0.5, 0.6) is 0 Å². The molecule has 56 valence electrons. The van der Waals surface area contributed by atoms with Crippen molar-refractivity contribution in [2.24, 2.45) is 5.16 Å². The normalized spacial score (nSPS) is 10.7. The molecular formula is C6H9NO3. The van der Waals surface area contributed by atoms with Crippen LogP contribution in [0.1, 0.15) is 6.92 Å².